The van der Waals surface area contributed by atoms with Gasteiger partial charge in [0.2, 0.25) is 10.0 Å². The largest absolute Gasteiger partial charge is 0.390 e. The fraction of sp³-hybridized carbons (Fsp3) is 0.600. The molecule has 1 saturated heterocycles. The predicted octanol–water partition coefficient (Wildman–Crippen LogP) is 0.615. The van der Waals surface area contributed by atoms with E-state index < -0.39 is 26.0 Å². The lowest BCUT2D eigenvalue weighted by Gasteiger charge is -2.23. The maximum Gasteiger partial charge on any atom is 0.242 e. The Morgan fingerprint density at radius 3 is 2.50 bits per heavy atom. The van der Waals surface area contributed by atoms with Crippen LogP contribution in [0, 0.1) is 0 Å². The molecule has 148 valence electrons. The third kappa shape index (κ3) is 6.67. The lowest BCUT2D eigenvalue weighted by molar-refractivity contribution is 0.0832. The first-order valence-corrected chi connectivity index (χ1v) is 12.0. The number of ether oxygens (including phenoxy) is 1. The maximum absolute atomic E-state index is 12.5. The van der Waals surface area contributed by atoms with E-state index in [9.17, 15) is 21.9 Å². The van der Waals surface area contributed by atoms with Crippen LogP contribution in [0.25, 0.3) is 0 Å². The molecule has 1 heterocycles. The lowest BCUT2D eigenvalue weighted by atomic mass is 10.1. The summed E-state index contributed by atoms with van der Waals surface area (Å²) in [6.07, 6.45) is 1.17. The van der Waals surface area contributed by atoms with E-state index in [1.54, 1.807) is 0 Å². The molecule has 0 radical (unpaired) electrons. The minimum absolute atomic E-state index is 0.00415. The summed E-state index contributed by atoms with van der Waals surface area (Å²) < 4.78 is 55.1. The molecular formula is C15H23ClN2O6S2. The second-order valence-corrected chi connectivity index (χ2v) is 10.6. The minimum atomic E-state index is -3.76. The van der Waals surface area contributed by atoms with Gasteiger partial charge >= 0.3 is 0 Å². The van der Waals surface area contributed by atoms with Crippen LogP contribution in [-0.4, -0.2) is 65.9 Å². The Bertz CT molecular complexity index is 823. The molecule has 3 N–H and O–H groups in total. The highest BCUT2D eigenvalue weighted by Crippen LogP contribution is 2.26. The molecular weight excluding hydrogens is 404 g/mol. The summed E-state index contributed by atoms with van der Waals surface area (Å²) >= 11 is 6.11. The van der Waals surface area contributed by atoms with Crippen molar-refractivity contribution < 1.29 is 26.7 Å². The normalized spacial score (nSPS) is 17.8. The number of anilines is 1. The summed E-state index contributed by atoms with van der Waals surface area (Å²) in [6, 6.07) is 4.12. The molecule has 1 aromatic rings. The van der Waals surface area contributed by atoms with Gasteiger partial charge in [0.1, 0.15) is 14.7 Å². The van der Waals surface area contributed by atoms with E-state index in [0.717, 1.165) is 6.26 Å². The first kappa shape index (κ1) is 21.4. The number of halogens is 1. The fourth-order valence-corrected chi connectivity index (χ4v) is 5.24. The van der Waals surface area contributed by atoms with Gasteiger partial charge in [-0.3, -0.25) is 0 Å². The molecule has 1 atom stereocenters. The number of sulfonamides is 1. The Morgan fingerprint density at radius 2 is 1.92 bits per heavy atom. The van der Waals surface area contributed by atoms with Crippen LogP contribution >= 0.6 is 11.6 Å². The van der Waals surface area contributed by atoms with E-state index in [4.69, 9.17) is 16.3 Å². The standard InChI is InChI=1S/C15H23ClN2O6S2/c1-25(20,21)10-13(19)9-17-12-2-3-15(14(16)8-12)26(22,23)18-11-4-6-24-7-5-11/h2-3,8,11,13,17-19H,4-7,9-10H2,1H3. The van der Waals surface area contributed by atoms with Crippen LogP contribution in [0.5, 0.6) is 0 Å². The quantitative estimate of drug-likeness (QED) is 0.556. The van der Waals surface area contributed by atoms with E-state index in [1.807, 2.05) is 0 Å². The van der Waals surface area contributed by atoms with Crippen molar-refractivity contribution in [1.82, 2.24) is 4.72 Å². The molecule has 1 fully saturated rings. The molecule has 0 bridgehead atoms. The molecule has 8 nitrogen and oxygen atoms in total. The van der Waals surface area contributed by atoms with Crippen molar-refractivity contribution in [1.29, 1.82) is 0 Å². The van der Waals surface area contributed by atoms with Crippen molar-refractivity contribution in [2.75, 3.05) is 37.1 Å². The van der Waals surface area contributed by atoms with Crippen LogP contribution < -0.4 is 10.0 Å². The van der Waals surface area contributed by atoms with E-state index in [0.29, 0.717) is 31.7 Å². The smallest absolute Gasteiger partial charge is 0.242 e. The second-order valence-electron chi connectivity index (χ2n) is 6.28. The molecule has 11 heteroatoms. The Labute approximate surface area is 158 Å². The number of aliphatic hydroxyl groups excluding tert-OH is 1. The van der Waals surface area contributed by atoms with Crippen molar-refractivity contribution in [3.63, 3.8) is 0 Å². The third-order valence-corrected chi connectivity index (χ3v) is 6.80. The van der Waals surface area contributed by atoms with E-state index >= 15 is 0 Å². The van der Waals surface area contributed by atoms with Crippen molar-refractivity contribution >= 4 is 37.1 Å². The Morgan fingerprint density at radius 1 is 1.27 bits per heavy atom. The van der Waals surface area contributed by atoms with Crippen LogP contribution in [0.15, 0.2) is 23.1 Å². The molecule has 26 heavy (non-hydrogen) atoms. The molecule has 0 amide bonds. The van der Waals surface area contributed by atoms with Gasteiger partial charge in [-0.05, 0) is 31.0 Å². The van der Waals surface area contributed by atoms with Gasteiger partial charge < -0.3 is 15.2 Å². The predicted molar refractivity (Wildman–Crippen MR) is 99.8 cm³/mol. The zero-order chi connectivity index (χ0) is 19.4. The number of rotatable bonds is 8. The van der Waals surface area contributed by atoms with Gasteiger partial charge in [-0.2, -0.15) is 0 Å². The third-order valence-electron chi connectivity index (χ3n) is 3.80. The maximum atomic E-state index is 12.5. The summed E-state index contributed by atoms with van der Waals surface area (Å²) in [7, 11) is -7.05. The highest BCUT2D eigenvalue weighted by Gasteiger charge is 2.24. The highest BCUT2D eigenvalue weighted by molar-refractivity contribution is 7.90. The lowest BCUT2D eigenvalue weighted by Crippen LogP contribution is -2.38. The van der Waals surface area contributed by atoms with Gasteiger partial charge in [-0.15, -0.1) is 0 Å². The Balaban J connectivity index is 2.01. The summed E-state index contributed by atoms with van der Waals surface area (Å²) in [6.45, 7) is 1.02. The van der Waals surface area contributed by atoms with E-state index in [2.05, 4.69) is 10.0 Å². The summed E-state index contributed by atoms with van der Waals surface area (Å²) in [5.74, 6) is -0.366. The number of benzene rings is 1. The van der Waals surface area contributed by atoms with Gasteiger partial charge in [-0.1, -0.05) is 11.6 Å². The zero-order valence-electron chi connectivity index (χ0n) is 14.3. The molecule has 0 spiro atoms. The Hall–Kier alpha value is -0.910. The van der Waals surface area contributed by atoms with Crippen LogP contribution in [0.1, 0.15) is 12.8 Å². The summed E-state index contributed by atoms with van der Waals surface area (Å²) in [5.41, 5.74) is 0.479. The number of sulfone groups is 1. The monoisotopic (exact) mass is 426 g/mol. The summed E-state index contributed by atoms with van der Waals surface area (Å²) in [4.78, 5) is -0.0344. The van der Waals surface area contributed by atoms with Crippen LogP contribution in [0.3, 0.4) is 0 Å². The molecule has 1 unspecified atom stereocenters. The van der Waals surface area contributed by atoms with Crippen molar-refractivity contribution in [2.45, 2.75) is 29.9 Å². The first-order chi connectivity index (χ1) is 12.1. The number of hydrogen-bond donors (Lipinski definition) is 3. The van der Waals surface area contributed by atoms with Gasteiger partial charge in [0, 0.05) is 37.7 Å². The van der Waals surface area contributed by atoms with Gasteiger partial charge in [-0.25, -0.2) is 21.6 Å². The number of hydrogen-bond acceptors (Lipinski definition) is 7. The average molecular weight is 427 g/mol. The average Bonchev–Trinajstić information content (AvgIpc) is 2.51. The zero-order valence-corrected chi connectivity index (χ0v) is 16.7. The van der Waals surface area contributed by atoms with Crippen LogP contribution in [0.4, 0.5) is 5.69 Å². The van der Waals surface area contributed by atoms with Gasteiger partial charge in [0.05, 0.1) is 16.9 Å². The molecule has 0 aliphatic carbocycles. The molecule has 0 saturated carbocycles. The highest BCUT2D eigenvalue weighted by atomic mass is 35.5. The van der Waals surface area contributed by atoms with Crippen molar-refractivity contribution in [3.05, 3.63) is 23.2 Å². The van der Waals surface area contributed by atoms with Crippen LogP contribution in [-0.2, 0) is 24.6 Å². The van der Waals surface area contributed by atoms with Crippen LogP contribution in [0.2, 0.25) is 5.02 Å². The van der Waals surface area contributed by atoms with Crippen molar-refractivity contribution in [3.8, 4) is 0 Å². The Kier molecular flexibility index (Phi) is 7.28. The van der Waals surface area contributed by atoms with Crippen molar-refractivity contribution in [2.24, 2.45) is 0 Å². The second kappa shape index (κ2) is 8.85. The van der Waals surface area contributed by atoms with Gasteiger partial charge in [0.25, 0.3) is 0 Å². The number of nitrogens with one attached hydrogen (secondary N) is 2. The first-order valence-electron chi connectivity index (χ1n) is 8.06. The molecule has 1 aliphatic heterocycles. The fourth-order valence-electron chi connectivity index (χ4n) is 2.57. The summed E-state index contributed by atoms with van der Waals surface area (Å²) in [5, 5.41) is 12.6. The van der Waals surface area contributed by atoms with E-state index in [1.165, 1.54) is 18.2 Å². The number of aliphatic hydroxyl groups is 1. The van der Waals surface area contributed by atoms with Gasteiger partial charge in [0.15, 0.2) is 0 Å². The SMILES string of the molecule is CS(=O)(=O)CC(O)CNc1ccc(S(=O)(=O)NC2CCOCC2)c(Cl)c1. The molecule has 0 aromatic heterocycles. The molecule has 1 aromatic carbocycles. The molecule has 1 aliphatic rings. The minimum Gasteiger partial charge on any atom is -0.390 e. The molecule has 2 rings (SSSR count). The van der Waals surface area contributed by atoms with E-state index in [-0.39, 0.29) is 28.3 Å². The topological polar surface area (TPSA) is 122 Å².